The van der Waals surface area contributed by atoms with Crippen molar-refractivity contribution in [2.24, 2.45) is 23.7 Å². The largest absolute Gasteiger partial charge is 0.352 e. The van der Waals surface area contributed by atoms with Crippen LogP contribution in [0.1, 0.15) is 72.1 Å². The third-order valence-electron chi connectivity index (χ3n) is 7.42. The number of hydrogen-bond donors (Lipinski definition) is 1. The Labute approximate surface area is 172 Å². The Morgan fingerprint density at radius 2 is 1.52 bits per heavy atom. The molecular formula is C22H33N3O4. The smallest absolute Gasteiger partial charge is 0.335 e. The summed E-state index contributed by atoms with van der Waals surface area (Å²) in [7, 11) is 0. The number of nitrogens with zero attached hydrogens (tertiary/aromatic N) is 2. The van der Waals surface area contributed by atoms with Crippen LogP contribution in [0.2, 0.25) is 0 Å². The van der Waals surface area contributed by atoms with E-state index in [2.05, 4.69) is 19.2 Å². The van der Waals surface area contributed by atoms with Crippen molar-refractivity contribution in [3.63, 3.8) is 0 Å². The van der Waals surface area contributed by atoms with Crippen LogP contribution < -0.4 is 5.32 Å². The molecule has 5 aliphatic rings. The predicted octanol–water partition coefficient (Wildman–Crippen LogP) is 2.69. The molecule has 4 aliphatic carbocycles. The highest BCUT2D eigenvalue weighted by Gasteiger charge is 2.61. The van der Waals surface area contributed by atoms with Gasteiger partial charge >= 0.3 is 17.8 Å². The molecule has 160 valence electrons. The second-order valence-electron chi connectivity index (χ2n) is 10.4. The van der Waals surface area contributed by atoms with Crippen LogP contribution in [0.3, 0.4) is 0 Å². The van der Waals surface area contributed by atoms with Gasteiger partial charge in [0, 0.05) is 6.04 Å². The molecule has 1 saturated heterocycles. The Hall–Kier alpha value is -1.92. The minimum Gasteiger partial charge on any atom is -0.352 e. The van der Waals surface area contributed by atoms with E-state index in [0.717, 1.165) is 37.0 Å². The lowest BCUT2D eigenvalue weighted by molar-refractivity contribution is -0.150. The molecule has 0 unspecified atom stereocenters. The van der Waals surface area contributed by atoms with Gasteiger partial charge in [0.2, 0.25) is 5.91 Å². The average molecular weight is 404 g/mol. The Morgan fingerprint density at radius 3 is 2.03 bits per heavy atom. The number of carbonyl (C=O) groups is 4. The van der Waals surface area contributed by atoms with Crippen LogP contribution in [0.25, 0.3) is 0 Å². The van der Waals surface area contributed by atoms with Gasteiger partial charge in [-0.05, 0) is 82.0 Å². The molecular weight excluding hydrogens is 370 g/mol. The van der Waals surface area contributed by atoms with Crippen molar-refractivity contribution in [1.82, 2.24) is 15.1 Å². The molecule has 1 N–H and O–H groups in total. The van der Waals surface area contributed by atoms with E-state index < -0.39 is 23.4 Å². The molecule has 5 amide bonds. The number of rotatable bonds is 7. The normalized spacial score (nSPS) is 34.5. The summed E-state index contributed by atoms with van der Waals surface area (Å²) in [5, 5.41) is 2.85. The highest BCUT2D eigenvalue weighted by atomic mass is 16.2. The molecule has 0 aromatic rings. The lowest BCUT2D eigenvalue weighted by Crippen LogP contribution is -2.62. The number of amides is 5. The molecule has 0 aromatic heterocycles. The quantitative estimate of drug-likeness (QED) is 0.523. The number of carbonyl (C=O) groups excluding carboxylic acids is 4. The number of nitrogens with one attached hydrogen (secondary N) is 1. The van der Waals surface area contributed by atoms with E-state index in [9.17, 15) is 19.2 Å². The Morgan fingerprint density at radius 1 is 0.966 bits per heavy atom. The Balaban J connectivity index is 1.43. The molecule has 7 heteroatoms. The molecule has 7 nitrogen and oxygen atoms in total. The van der Waals surface area contributed by atoms with Gasteiger partial charge in [-0.15, -0.1) is 0 Å². The maximum absolute atomic E-state index is 13.1. The van der Waals surface area contributed by atoms with Crippen molar-refractivity contribution in [2.75, 3.05) is 6.54 Å². The number of urea groups is 1. The van der Waals surface area contributed by atoms with Crippen LogP contribution in [-0.2, 0) is 14.4 Å². The predicted molar refractivity (Wildman–Crippen MR) is 107 cm³/mol. The maximum Gasteiger partial charge on any atom is 0.335 e. The molecule has 0 spiro atoms. The van der Waals surface area contributed by atoms with E-state index in [4.69, 9.17) is 0 Å². The van der Waals surface area contributed by atoms with Gasteiger partial charge in [0.05, 0.1) is 5.54 Å². The molecule has 4 saturated carbocycles. The molecule has 0 radical (unpaired) electrons. The van der Waals surface area contributed by atoms with Gasteiger partial charge in [-0.3, -0.25) is 14.4 Å². The van der Waals surface area contributed by atoms with Crippen molar-refractivity contribution >= 4 is 23.8 Å². The van der Waals surface area contributed by atoms with Crippen LogP contribution in [-0.4, -0.2) is 51.7 Å². The van der Waals surface area contributed by atoms with Crippen LogP contribution >= 0.6 is 0 Å². The van der Waals surface area contributed by atoms with Crippen LogP contribution in [0.5, 0.6) is 0 Å². The number of imide groups is 2. The minimum absolute atomic E-state index is 0.0346. The van der Waals surface area contributed by atoms with Gasteiger partial charge < -0.3 is 5.32 Å². The van der Waals surface area contributed by atoms with Crippen molar-refractivity contribution in [3.05, 3.63) is 0 Å². The first-order valence-corrected chi connectivity index (χ1v) is 11.2. The van der Waals surface area contributed by atoms with E-state index in [1.807, 2.05) is 6.92 Å². The zero-order valence-electron chi connectivity index (χ0n) is 17.8. The molecule has 0 aromatic carbocycles. The van der Waals surface area contributed by atoms with Crippen LogP contribution in [0, 0.1) is 23.7 Å². The Bertz CT molecular complexity index is 696. The van der Waals surface area contributed by atoms with Gasteiger partial charge in [0.25, 0.3) is 0 Å². The summed E-state index contributed by atoms with van der Waals surface area (Å²) in [5.41, 5.74) is -0.506. The first-order valence-electron chi connectivity index (χ1n) is 11.2. The summed E-state index contributed by atoms with van der Waals surface area (Å²) in [6.45, 7) is 5.79. The second kappa shape index (κ2) is 7.40. The maximum atomic E-state index is 13.1. The minimum atomic E-state index is -0.851. The molecule has 1 heterocycles. The first-order chi connectivity index (χ1) is 13.7. The Kier molecular flexibility index (Phi) is 5.20. The van der Waals surface area contributed by atoms with Gasteiger partial charge in [0.1, 0.15) is 6.54 Å². The first kappa shape index (κ1) is 20.4. The molecule has 5 rings (SSSR count). The van der Waals surface area contributed by atoms with Crippen LogP contribution in [0.4, 0.5) is 4.79 Å². The van der Waals surface area contributed by atoms with Crippen molar-refractivity contribution < 1.29 is 19.2 Å². The highest BCUT2D eigenvalue weighted by Crippen LogP contribution is 2.58. The van der Waals surface area contributed by atoms with E-state index in [1.165, 1.54) is 24.2 Å². The van der Waals surface area contributed by atoms with E-state index >= 15 is 0 Å². The second-order valence-corrected chi connectivity index (χ2v) is 10.4. The van der Waals surface area contributed by atoms with Crippen molar-refractivity contribution in [2.45, 2.75) is 83.7 Å². The summed E-state index contributed by atoms with van der Waals surface area (Å²) in [4.78, 5) is 53.0. The third kappa shape index (κ3) is 3.68. The zero-order chi connectivity index (χ0) is 20.9. The lowest BCUT2D eigenvalue weighted by atomic mass is 9.52. The third-order valence-corrected chi connectivity index (χ3v) is 7.42. The average Bonchev–Trinajstić information content (AvgIpc) is 2.82. The summed E-state index contributed by atoms with van der Waals surface area (Å²) in [6.07, 6.45) is 7.82. The SMILES string of the molecule is CC(C)CC[C@@H](C)NC(=O)CN1C(=O)C(=O)N(C23CC4CC(CC(C4)C2)C3)C1=O. The van der Waals surface area contributed by atoms with Gasteiger partial charge in [0.15, 0.2) is 0 Å². The van der Waals surface area contributed by atoms with E-state index in [-0.39, 0.29) is 18.5 Å². The van der Waals surface area contributed by atoms with E-state index in [1.54, 1.807) is 0 Å². The van der Waals surface area contributed by atoms with Gasteiger partial charge in [-0.25, -0.2) is 14.6 Å². The molecule has 29 heavy (non-hydrogen) atoms. The molecule has 5 fully saturated rings. The molecule has 1 aliphatic heterocycles. The van der Waals surface area contributed by atoms with Crippen LogP contribution in [0.15, 0.2) is 0 Å². The van der Waals surface area contributed by atoms with Crippen molar-refractivity contribution in [3.8, 4) is 0 Å². The van der Waals surface area contributed by atoms with Gasteiger partial charge in [-0.1, -0.05) is 13.8 Å². The summed E-state index contributed by atoms with van der Waals surface area (Å²) in [6, 6.07) is -0.625. The molecule has 1 atom stereocenters. The lowest BCUT2D eigenvalue weighted by Gasteiger charge is -2.58. The standard InChI is InChI=1S/C22H33N3O4/c1-13(2)4-5-14(3)23-18(26)12-24-19(27)20(28)25(21(24)29)22-9-15-6-16(10-22)8-17(7-15)11-22/h13-17H,4-12H2,1-3H3,(H,23,26)/t14-,15?,16?,17?,22?/m1/s1. The highest BCUT2D eigenvalue weighted by molar-refractivity contribution is 6.45. The summed E-state index contributed by atoms with van der Waals surface area (Å²) >= 11 is 0. The van der Waals surface area contributed by atoms with Crippen molar-refractivity contribution in [1.29, 1.82) is 0 Å². The number of hydrogen-bond acceptors (Lipinski definition) is 4. The molecule has 4 bridgehead atoms. The van der Waals surface area contributed by atoms with Gasteiger partial charge in [-0.2, -0.15) is 0 Å². The summed E-state index contributed by atoms with van der Waals surface area (Å²) in [5.74, 6) is 0.224. The monoisotopic (exact) mass is 403 g/mol. The topological polar surface area (TPSA) is 86.8 Å². The fourth-order valence-corrected chi connectivity index (χ4v) is 6.52. The summed E-state index contributed by atoms with van der Waals surface area (Å²) < 4.78 is 0. The fraction of sp³-hybridized carbons (Fsp3) is 0.818. The zero-order valence-corrected chi connectivity index (χ0v) is 17.8. The van der Waals surface area contributed by atoms with E-state index in [0.29, 0.717) is 23.7 Å². The fourth-order valence-electron chi connectivity index (χ4n) is 6.52.